The van der Waals surface area contributed by atoms with Crippen LogP contribution >= 0.6 is 15.9 Å². The molecule has 0 N–H and O–H groups in total. The van der Waals surface area contributed by atoms with Crippen molar-refractivity contribution in [2.24, 2.45) is 0 Å². The molecule has 1 aliphatic rings. The van der Waals surface area contributed by atoms with Gasteiger partial charge < -0.3 is 9.80 Å². The number of hydrogen-bond acceptors (Lipinski definition) is 4. The van der Waals surface area contributed by atoms with E-state index >= 15 is 0 Å². The van der Waals surface area contributed by atoms with Gasteiger partial charge in [-0.25, -0.2) is 0 Å². The van der Waals surface area contributed by atoms with Crippen molar-refractivity contribution in [3.63, 3.8) is 0 Å². The fourth-order valence-corrected chi connectivity index (χ4v) is 2.82. The van der Waals surface area contributed by atoms with Crippen molar-refractivity contribution in [3.05, 3.63) is 33.9 Å². The second-order valence-electron chi connectivity index (χ2n) is 4.98. The molecular formula is C13H18BrN3O2. The Hall–Kier alpha value is -1.14. The van der Waals surface area contributed by atoms with Crippen molar-refractivity contribution in [2.45, 2.75) is 18.3 Å². The summed E-state index contributed by atoms with van der Waals surface area (Å²) in [5.41, 5.74) is 2.23. The zero-order valence-corrected chi connectivity index (χ0v) is 12.8. The van der Waals surface area contributed by atoms with Crippen molar-refractivity contribution in [1.82, 2.24) is 4.90 Å². The van der Waals surface area contributed by atoms with E-state index in [-0.39, 0.29) is 10.6 Å². The molecule has 104 valence electrons. The Morgan fingerprint density at radius 1 is 1.47 bits per heavy atom. The normalized spacial score (nSPS) is 20.6. The highest BCUT2D eigenvalue weighted by Crippen LogP contribution is 2.28. The Labute approximate surface area is 121 Å². The minimum atomic E-state index is -0.345. The third-order valence-electron chi connectivity index (χ3n) is 3.72. The predicted molar refractivity (Wildman–Crippen MR) is 80.0 cm³/mol. The van der Waals surface area contributed by atoms with Gasteiger partial charge in [0, 0.05) is 48.8 Å². The van der Waals surface area contributed by atoms with E-state index in [2.05, 4.69) is 39.7 Å². The number of nitrogens with zero attached hydrogens (tertiary/aromatic N) is 3. The molecule has 0 bridgehead atoms. The van der Waals surface area contributed by atoms with Gasteiger partial charge in [-0.15, -0.1) is 0 Å². The number of rotatable bonds is 3. The summed E-state index contributed by atoms with van der Waals surface area (Å²) in [6.45, 7) is 5.12. The minimum Gasteiger partial charge on any atom is -0.368 e. The maximum Gasteiger partial charge on any atom is 0.269 e. The summed E-state index contributed by atoms with van der Waals surface area (Å²) >= 11 is 3.43. The van der Waals surface area contributed by atoms with Gasteiger partial charge in [-0.1, -0.05) is 15.9 Å². The summed E-state index contributed by atoms with van der Waals surface area (Å²) in [6.07, 6.45) is 0. The Morgan fingerprint density at radius 2 is 2.21 bits per heavy atom. The lowest BCUT2D eigenvalue weighted by Gasteiger charge is -2.39. The molecule has 0 spiro atoms. The van der Waals surface area contributed by atoms with Gasteiger partial charge >= 0.3 is 0 Å². The minimum absolute atomic E-state index is 0.153. The molecule has 2 rings (SSSR count). The number of non-ortho nitro benzene ring substituents is 1. The number of hydrogen-bond donors (Lipinski definition) is 0. The van der Waals surface area contributed by atoms with Crippen LogP contribution in [0.1, 0.15) is 12.5 Å². The molecule has 1 heterocycles. The van der Waals surface area contributed by atoms with E-state index in [9.17, 15) is 10.1 Å². The van der Waals surface area contributed by atoms with Gasteiger partial charge in [0.15, 0.2) is 0 Å². The molecule has 1 unspecified atom stereocenters. The molecule has 0 amide bonds. The average molecular weight is 328 g/mol. The SMILES string of the molecule is CC1CN(c2ccc([N+](=O)[O-])cc2CBr)CCN1C. The van der Waals surface area contributed by atoms with Crippen LogP contribution in [0.3, 0.4) is 0 Å². The Morgan fingerprint density at radius 3 is 2.79 bits per heavy atom. The molecule has 1 atom stereocenters. The average Bonchev–Trinajstić information content (AvgIpc) is 2.41. The Kier molecular flexibility index (Phi) is 4.42. The van der Waals surface area contributed by atoms with Crippen LogP contribution in [0.4, 0.5) is 11.4 Å². The van der Waals surface area contributed by atoms with Crippen molar-refractivity contribution in [1.29, 1.82) is 0 Å². The molecular weight excluding hydrogens is 310 g/mol. The molecule has 5 nitrogen and oxygen atoms in total. The zero-order chi connectivity index (χ0) is 14.0. The summed E-state index contributed by atoms with van der Waals surface area (Å²) in [7, 11) is 2.13. The fourth-order valence-electron chi connectivity index (χ4n) is 2.37. The summed E-state index contributed by atoms with van der Waals surface area (Å²) in [6, 6.07) is 5.61. The molecule has 0 saturated carbocycles. The third kappa shape index (κ3) is 3.06. The maximum atomic E-state index is 10.8. The van der Waals surface area contributed by atoms with Crippen molar-refractivity contribution in [2.75, 3.05) is 31.6 Å². The topological polar surface area (TPSA) is 49.6 Å². The first-order chi connectivity index (χ1) is 9.02. The lowest BCUT2D eigenvalue weighted by Crippen LogP contribution is -2.50. The van der Waals surface area contributed by atoms with E-state index in [1.54, 1.807) is 12.1 Å². The van der Waals surface area contributed by atoms with E-state index in [4.69, 9.17) is 0 Å². The fraction of sp³-hybridized carbons (Fsp3) is 0.538. The first-order valence-corrected chi connectivity index (χ1v) is 7.43. The van der Waals surface area contributed by atoms with Crippen LogP contribution in [0.2, 0.25) is 0 Å². The molecule has 1 saturated heterocycles. The molecule has 19 heavy (non-hydrogen) atoms. The summed E-state index contributed by atoms with van der Waals surface area (Å²) in [5, 5.41) is 11.5. The van der Waals surface area contributed by atoms with Crippen LogP contribution in [0.25, 0.3) is 0 Å². The molecule has 6 heteroatoms. The second-order valence-corrected chi connectivity index (χ2v) is 5.54. The first kappa shape index (κ1) is 14.3. The van der Waals surface area contributed by atoms with Gasteiger partial charge in [0.25, 0.3) is 5.69 Å². The van der Waals surface area contributed by atoms with Crippen LogP contribution < -0.4 is 4.90 Å². The molecule has 0 radical (unpaired) electrons. The van der Waals surface area contributed by atoms with Gasteiger partial charge in [-0.2, -0.15) is 0 Å². The number of nitro benzene ring substituents is 1. The Balaban J connectivity index is 2.27. The molecule has 1 aromatic rings. The van der Waals surface area contributed by atoms with Crippen molar-refractivity contribution >= 4 is 27.3 Å². The number of anilines is 1. The third-order valence-corrected chi connectivity index (χ3v) is 4.32. The standard InChI is InChI=1S/C13H18BrN3O2/c1-10-9-16(6-5-15(10)2)13-4-3-12(17(18)19)7-11(13)8-14/h3-4,7,10H,5-6,8-9H2,1-2H3. The van der Waals surface area contributed by atoms with Gasteiger partial charge in [0.1, 0.15) is 0 Å². The van der Waals surface area contributed by atoms with E-state index in [0.717, 1.165) is 30.9 Å². The highest BCUT2D eigenvalue weighted by Gasteiger charge is 2.23. The lowest BCUT2D eigenvalue weighted by atomic mass is 10.1. The lowest BCUT2D eigenvalue weighted by molar-refractivity contribution is -0.384. The summed E-state index contributed by atoms with van der Waals surface area (Å²) in [5.74, 6) is 0. The van der Waals surface area contributed by atoms with E-state index < -0.39 is 0 Å². The predicted octanol–water partition coefficient (Wildman–Crippen LogP) is 2.63. The number of likely N-dealkylation sites (N-methyl/N-ethyl adjacent to an activating group) is 1. The highest BCUT2D eigenvalue weighted by molar-refractivity contribution is 9.08. The molecule has 1 aliphatic heterocycles. The van der Waals surface area contributed by atoms with Gasteiger partial charge in [-0.05, 0) is 25.6 Å². The molecule has 1 aromatic carbocycles. The smallest absolute Gasteiger partial charge is 0.269 e. The number of nitro groups is 1. The van der Waals surface area contributed by atoms with Crippen LogP contribution in [-0.4, -0.2) is 42.5 Å². The van der Waals surface area contributed by atoms with Gasteiger partial charge in [0.2, 0.25) is 0 Å². The number of benzene rings is 1. The van der Waals surface area contributed by atoms with Crippen LogP contribution in [0.15, 0.2) is 18.2 Å². The van der Waals surface area contributed by atoms with Crippen molar-refractivity contribution in [3.8, 4) is 0 Å². The summed E-state index contributed by atoms with van der Waals surface area (Å²) < 4.78 is 0. The second kappa shape index (κ2) is 5.88. The van der Waals surface area contributed by atoms with Gasteiger partial charge in [-0.3, -0.25) is 10.1 Å². The molecule has 0 aliphatic carbocycles. The van der Waals surface area contributed by atoms with Crippen LogP contribution in [0.5, 0.6) is 0 Å². The Bertz CT molecular complexity index is 481. The number of alkyl halides is 1. The molecule has 1 fully saturated rings. The summed E-state index contributed by atoms with van der Waals surface area (Å²) in [4.78, 5) is 15.1. The quantitative estimate of drug-likeness (QED) is 0.486. The first-order valence-electron chi connectivity index (χ1n) is 6.31. The van der Waals surface area contributed by atoms with E-state index in [0.29, 0.717) is 11.4 Å². The zero-order valence-electron chi connectivity index (χ0n) is 11.2. The van der Waals surface area contributed by atoms with E-state index in [1.807, 2.05) is 6.07 Å². The number of piperazine rings is 1. The number of halogens is 1. The maximum absolute atomic E-state index is 10.8. The monoisotopic (exact) mass is 327 g/mol. The van der Waals surface area contributed by atoms with E-state index in [1.165, 1.54) is 0 Å². The van der Waals surface area contributed by atoms with Crippen molar-refractivity contribution < 1.29 is 4.92 Å². The largest absolute Gasteiger partial charge is 0.368 e. The molecule has 0 aromatic heterocycles. The van der Waals surface area contributed by atoms with Gasteiger partial charge in [0.05, 0.1) is 4.92 Å². The van der Waals surface area contributed by atoms with Crippen LogP contribution in [-0.2, 0) is 5.33 Å². The highest BCUT2D eigenvalue weighted by atomic mass is 79.9. The van der Waals surface area contributed by atoms with Crippen LogP contribution in [0, 0.1) is 10.1 Å².